The maximum absolute atomic E-state index is 5.82. The first-order valence-corrected chi connectivity index (χ1v) is 6.26. The topological polar surface area (TPSA) is 27.1 Å². The molecule has 3 rings (SSSR count). The predicted molar refractivity (Wildman–Crippen MR) is 71.7 cm³/mol. The van der Waals surface area contributed by atoms with Crippen LogP contribution in [0.3, 0.4) is 0 Å². The number of rotatable bonds is 0. The summed E-state index contributed by atoms with van der Waals surface area (Å²) in [5.74, 6) is 0.885. The second kappa shape index (κ2) is 3.61. The van der Waals surface area contributed by atoms with Crippen LogP contribution >= 0.6 is 0 Å². The van der Waals surface area contributed by atoms with Crippen LogP contribution in [0, 0.1) is 0 Å². The Morgan fingerprint density at radius 3 is 2.78 bits per heavy atom. The number of benzene rings is 1. The Morgan fingerprint density at radius 1 is 1.28 bits per heavy atom. The quantitative estimate of drug-likeness (QED) is 0.709. The maximum atomic E-state index is 5.82. The van der Waals surface area contributed by atoms with Crippen molar-refractivity contribution in [3.63, 3.8) is 0 Å². The highest BCUT2D eigenvalue weighted by atomic mass is 16.5. The molecule has 0 bridgehead atoms. The summed E-state index contributed by atoms with van der Waals surface area (Å²) in [7, 11) is 1.96. The summed E-state index contributed by atoms with van der Waals surface area (Å²) in [6.07, 6.45) is 1.79. The van der Waals surface area contributed by atoms with Crippen LogP contribution in [0.15, 0.2) is 24.4 Å². The first kappa shape index (κ1) is 11.3. The fourth-order valence-electron chi connectivity index (χ4n) is 2.65. The summed E-state index contributed by atoms with van der Waals surface area (Å²) in [5.41, 5.74) is 5.11. The Morgan fingerprint density at radius 2 is 2.06 bits per heavy atom. The van der Waals surface area contributed by atoms with E-state index >= 15 is 0 Å². The third-order valence-corrected chi connectivity index (χ3v) is 3.52. The molecule has 0 saturated carbocycles. The summed E-state index contributed by atoms with van der Waals surface area (Å²) >= 11 is 0. The number of aromatic nitrogens is 2. The van der Waals surface area contributed by atoms with Crippen molar-refractivity contribution >= 4 is 0 Å². The lowest BCUT2D eigenvalue weighted by Crippen LogP contribution is -2.18. The van der Waals surface area contributed by atoms with E-state index < -0.39 is 0 Å². The van der Waals surface area contributed by atoms with Crippen molar-refractivity contribution in [2.45, 2.75) is 32.8 Å². The Labute approximate surface area is 107 Å². The largest absolute Gasteiger partial charge is 0.485 e. The van der Waals surface area contributed by atoms with E-state index in [-0.39, 0.29) is 5.41 Å². The van der Waals surface area contributed by atoms with Crippen molar-refractivity contribution in [3.05, 3.63) is 35.5 Å². The van der Waals surface area contributed by atoms with E-state index in [0.717, 1.165) is 11.4 Å². The van der Waals surface area contributed by atoms with Gasteiger partial charge >= 0.3 is 0 Å². The molecule has 0 fully saturated rings. The van der Waals surface area contributed by atoms with Gasteiger partial charge in [-0.2, -0.15) is 5.10 Å². The van der Waals surface area contributed by atoms with Crippen molar-refractivity contribution in [2.75, 3.05) is 0 Å². The molecular weight excluding hydrogens is 224 g/mol. The first-order chi connectivity index (χ1) is 8.48. The van der Waals surface area contributed by atoms with Gasteiger partial charge in [0.2, 0.25) is 0 Å². The van der Waals surface area contributed by atoms with Crippen LogP contribution in [0.25, 0.3) is 11.3 Å². The van der Waals surface area contributed by atoms with Gasteiger partial charge < -0.3 is 4.74 Å². The van der Waals surface area contributed by atoms with Gasteiger partial charge in [0.1, 0.15) is 12.3 Å². The molecule has 0 saturated heterocycles. The number of hydrogen-bond acceptors (Lipinski definition) is 2. The standard InChI is InChI=1S/C15H18N2O/c1-15(2,3)12-7-5-6-10-11(12)9-18-13-8-16-17(4)14(10)13/h5-8H,9H2,1-4H3. The molecule has 1 aliphatic heterocycles. The van der Waals surface area contributed by atoms with Crippen LogP contribution in [-0.2, 0) is 19.1 Å². The third kappa shape index (κ3) is 1.54. The van der Waals surface area contributed by atoms with Crippen LogP contribution < -0.4 is 4.74 Å². The summed E-state index contributed by atoms with van der Waals surface area (Å²) in [6, 6.07) is 6.48. The van der Waals surface area contributed by atoms with Crippen LogP contribution in [0.2, 0.25) is 0 Å². The Bertz CT molecular complexity index is 605. The monoisotopic (exact) mass is 242 g/mol. The molecule has 0 N–H and O–H groups in total. The number of nitrogens with zero attached hydrogens (tertiary/aromatic N) is 2. The average Bonchev–Trinajstić information content (AvgIpc) is 2.69. The lowest BCUT2D eigenvalue weighted by atomic mass is 9.81. The molecule has 0 radical (unpaired) electrons. The fourth-order valence-corrected chi connectivity index (χ4v) is 2.65. The minimum Gasteiger partial charge on any atom is -0.485 e. The van der Waals surface area contributed by atoms with E-state index in [1.807, 2.05) is 11.7 Å². The molecule has 3 heteroatoms. The molecule has 0 aliphatic carbocycles. The fraction of sp³-hybridized carbons (Fsp3) is 0.400. The molecular formula is C15H18N2O. The highest BCUT2D eigenvalue weighted by Crippen LogP contribution is 2.40. The van der Waals surface area contributed by atoms with E-state index in [1.54, 1.807) is 6.20 Å². The van der Waals surface area contributed by atoms with Crippen LogP contribution in [0.5, 0.6) is 5.75 Å². The molecule has 0 amide bonds. The molecule has 0 unspecified atom stereocenters. The smallest absolute Gasteiger partial charge is 0.165 e. The molecule has 3 nitrogen and oxygen atoms in total. The number of fused-ring (bicyclic) bond motifs is 3. The highest BCUT2D eigenvalue weighted by molar-refractivity contribution is 5.73. The van der Waals surface area contributed by atoms with Crippen LogP contribution in [0.4, 0.5) is 0 Å². The zero-order valence-electron chi connectivity index (χ0n) is 11.3. The molecule has 2 heterocycles. The second-order valence-corrected chi connectivity index (χ2v) is 5.85. The van der Waals surface area contributed by atoms with Crippen molar-refractivity contribution in [3.8, 4) is 17.0 Å². The number of hydrogen-bond donors (Lipinski definition) is 0. The lowest BCUT2D eigenvalue weighted by Gasteiger charge is -2.27. The minimum absolute atomic E-state index is 0.130. The Kier molecular flexibility index (Phi) is 2.27. The van der Waals surface area contributed by atoms with Gasteiger partial charge in [-0.3, -0.25) is 4.68 Å². The molecule has 0 atom stereocenters. The van der Waals surface area contributed by atoms with E-state index in [2.05, 4.69) is 44.1 Å². The Balaban J connectivity index is 2.28. The van der Waals surface area contributed by atoms with E-state index in [9.17, 15) is 0 Å². The zero-order valence-corrected chi connectivity index (χ0v) is 11.3. The maximum Gasteiger partial charge on any atom is 0.165 e. The van der Waals surface area contributed by atoms with Crippen molar-refractivity contribution in [1.29, 1.82) is 0 Å². The van der Waals surface area contributed by atoms with E-state index in [4.69, 9.17) is 4.74 Å². The number of aryl methyl sites for hydroxylation is 1. The number of ether oxygens (including phenoxy) is 1. The van der Waals surface area contributed by atoms with E-state index in [1.165, 1.54) is 16.7 Å². The van der Waals surface area contributed by atoms with Gasteiger partial charge in [-0.25, -0.2) is 0 Å². The zero-order chi connectivity index (χ0) is 12.9. The Hall–Kier alpha value is -1.77. The summed E-state index contributed by atoms with van der Waals surface area (Å²) in [6.45, 7) is 7.35. The molecule has 0 spiro atoms. The normalized spacial score (nSPS) is 13.8. The van der Waals surface area contributed by atoms with E-state index in [0.29, 0.717) is 6.61 Å². The van der Waals surface area contributed by atoms with Crippen LogP contribution in [0.1, 0.15) is 31.9 Å². The molecule has 1 aromatic carbocycles. The van der Waals surface area contributed by atoms with Crippen molar-refractivity contribution in [1.82, 2.24) is 9.78 Å². The van der Waals surface area contributed by atoms with Crippen molar-refractivity contribution in [2.24, 2.45) is 7.05 Å². The van der Waals surface area contributed by atoms with Crippen LogP contribution in [-0.4, -0.2) is 9.78 Å². The molecule has 1 aromatic heterocycles. The molecule has 94 valence electrons. The van der Waals surface area contributed by atoms with Gasteiger partial charge in [0.15, 0.2) is 5.75 Å². The minimum atomic E-state index is 0.130. The first-order valence-electron chi connectivity index (χ1n) is 6.26. The SMILES string of the molecule is Cn1ncc2c1-c1cccc(C(C)(C)C)c1CO2. The van der Waals surface area contributed by atoms with Gasteiger partial charge in [-0.15, -0.1) is 0 Å². The average molecular weight is 242 g/mol. The molecule has 18 heavy (non-hydrogen) atoms. The molecule has 1 aliphatic rings. The lowest BCUT2D eigenvalue weighted by molar-refractivity contribution is 0.298. The third-order valence-electron chi connectivity index (χ3n) is 3.52. The highest BCUT2D eigenvalue weighted by Gasteiger charge is 2.27. The second-order valence-electron chi connectivity index (χ2n) is 5.85. The van der Waals surface area contributed by atoms with Gasteiger partial charge in [0.25, 0.3) is 0 Å². The van der Waals surface area contributed by atoms with Crippen molar-refractivity contribution < 1.29 is 4.74 Å². The summed E-state index contributed by atoms with van der Waals surface area (Å²) in [5, 5.41) is 4.28. The van der Waals surface area contributed by atoms with Gasteiger partial charge in [-0.05, 0) is 11.0 Å². The van der Waals surface area contributed by atoms with Gasteiger partial charge in [-0.1, -0.05) is 39.0 Å². The summed E-state index contributed by atoms with van der Waals surface area (Å²) < 4.78 is 7.71. The van der Waals surface area contributed by atoms with Gasteiger partial charge in [0, 0.05) is 18.2 Å². The van der Waals surface area contributed by atoms with Gasteiger partial charge in [0.05, 0.1) is 6.20 Å². The molecule has 2 aromatic rings. The summed E-state index contributed by atoms with van der Waals surface area (Å²) in [4.78, 5) is 0. The predicted octanol–water partition coefficient (Wildman–Crippen LogP) is 3.28.